The quantitative estimate of drug-likeness (QED) is 0.364. The van der Waals surface area contributed by atoms with Gasteiger partial charge in [-0.25, -0.2) is 0 Å². The Morgan fingerprint density at radius 3 is 1.66 bits per heavy atom. The Morgan fingerprint density at radius 2 is 1.14 bits per heavy atom. The second-order valence-electron chi connectivity index (χ2n) is 6.79. The Morgan fingerprint density at radius 1 is 0.621 bits per heavy atom. The van der Waals surface area contributed by atoms with Crippen LogP contribution >= 0.6 is 0 Å². The Bertz CT molecular complexity index is 1080. The van der Waals surface area contributed by atoms with Crippen molar-refractivity contribution in [1.29, 1.82) is 0 Å². The fourth-order valence-electron chi connectivity index (χ4n) is 3.63. The van der Waals surface area contributed by atoms with Crippen LogP contribution < -0.4 is 9.47 Å². The average molecular weight is 384 g/mol. The molecule has 0 aliphatic carbocycles. The van der Waals surface area contributed by atoms with Gasteiger partial charge in [-0.2, -0.15) is 0 Å². The van der Waals surface area contributed by atoms with Crippen molar-refractivity contribution in [3.8, 4) is 45.3 Å². The van der Waals surface area contributed by atoms with Crippen LogP contribution in [0, 0.1) is 0 Å². The van der Waals surface area contributed by atoms with Crippen LogP contribution in [0.25, 0.3) is 33.8 Å². The van der Waals surface area contributed by atoms with E-state index in [1.807, 2.05) is 54.6 Å². The maximum Gasteiger partial charge on any atom is 0.142 e. The van der Waals surface area contributed by atoms with Crippen LogP contribution in [0.2, 0.25) is 0 Å². The topological polar surface area (TPSA) is 31.6 Å². The molecule has 3 aromatic carbocycles. The molecule has 0 fully saturated rings. The molecule has 0 spiro atoms. The minimum Gasteiger partial charge on any atom is -0.497 e. The first-order chi connectivity index (χ1) is 14.2. The van der Waals surface area contributed by atoms with Crippen LogP contribution in [0.1, 0.15) is 12.5 Å². The van der Waals surface area contributed by atoms with Crippen molar-refractivity contribution in [2.45, 2.75) is 13.3 Å². The van der Waals surface area contributed by atoms with E-state index >= 15 is 0 Å². The van der Waals surface area contributed by atoms with Crippen LogP contribution in [-0.4, -0.2) is 14.2 Å². The third kappa shape index (κ3) is 3.64. The second kappa shape index (κ2) is 8.27. The summed E-state index contributed by atoms with van der Waals surface area (Å²) in [6.07, 6.45) is 0.860. The molecule has 1 aromatic heterocycles. The average Bonchev–Trinajstić information content (AvgIpc) is 3.19. The van der Waals surface area contributed by atoms with Gasteiger partial charge in [0.15, 0.2) is 0 Å². The van der Waals surface area contributed by atoms with E-state index in [0.717, 1.165) is 51.7 Å². The highest BCUT2D eigenvalue weighted by Crippen LogP contribution is 2.44. The molecule has 0 N–H and O–H groups in total. The standard InChI is InChI=1S/C26H24O3/c1-4-23-24(18-10-14-21(27-2)15-11-18)26(19-8-6-5-7-9-19)29-25(23)20-12-16-22(28-3)17-13-20/h5-17H,4H2,1-3H3. The van der Waals surface area contributed by atoms with Crippen molar-refractivity contribution in [1.82, 2.24) is 0 Å². The van der Waals surface area contributed by atoms with E-state index in [-0.39, 0.29) is 0 Å². The summed E-state index contributed by atoms with van der Waals surface area (Å²) in [4.78, 5) is 0. The lowest BCUT2D eigenvalue weighted by molar-refractivity contribution is 0.414. The number of benzene rings is 3. The SMILES string of the molecule is CCc1c(-c2ccc(OC)cc2)oc(-c2ccccc2)c1-c1ccc(OC)cc1. The lowest BCUT2D eigenvalue weighted by atomic mass is 9.94. The zero-order chi connectivity index (χ0) is 20.2. The number of ether oxygens (including phenoxy) is 2. The molecule has 0 aliphatic rings. The molecule has 29 heavy (non-hydrogen) atoms. The summed E-state index contributed by atoms with van der Waals surface area (Å²) in [7, 11) is 3.36. The lowest BCUT2D eigenvalue weighted by Gasteiger charge is -2.07. The van der Waals surface area contributed by atoms with Gasteiger partial charge in [0.2, 0.25) is 0 Å². The molecule has 0 aliphatic heterocycles. The van der Waals surface area contributed by atoms with E-state index in [4.69, 9.17) is 13.9 Å². The normalized spacial score (nSPS) is 10.7. The predicted octanol–water partition coefficient (Wildman–Crippen LogP) is 6.86. The zero-order valence-corrected chi connectivity index (χ0v) is 16.9. The van der Waals surface area contributed by atoms with Crippen LogP contribution in [0.5, 0.6) is 11.5 Å². The Kier molecular flexibility index (Phi) is 5.39. The van der Waals surface area contributed by atoms with Crippen LogP contribution in [0.3, 0.4) is 0 Å². The minimum absolute atomic E-state index is 0.831. The first-order valence-corrected chi connectivity index (χ1v) is 9.75. The smallest absolute Gasteiger partial charge is 0.142 e. The molecule has 3 heteroatoms. The molecular formula is C26H24O3. The molecule has 4 aromatic rings. The molecule has 1 heterocycles. The fraction of sp³-hybridized carbons (Fsp3) is 0.154. The van der Waals surface area contributed by atoms with Gasteiger partial charge in [-0.1, -0.05) is 49.4 Å². The van der Waals surface area contributed by atoms with Gasteiger partial charge in [-0.3, -0.25) is 0 Å². The first-order valence-electron chi connectivity index (χ1n) is 9.75. The highest BCUT2D eigenvalue weighted by molar-refractivity contribution is 5.87. The van der Waals surface area contributed by atoms with Crippen molar-refractivity contribution in [3.05, 3.63) is 84.4 Å². The summed E-state index contributed by atoms with van der Waals surface area (Å²) in [5.41, 5.74) is 5.55. The van der Waals surface area contributed by atoms with Crippen LogP contribution in [0.4, 0.5) is 0 Å². The summed E-state index contributed by atoms with van der Waals surface area (Å²) in [5.74, 6) is 3.46. The maximum atomic E-state index is 6.52. The van der Waals surface area contributed by atoms with E-state index < -0.39 is 0 Å². The number of furan rings is 1. The largest absolute Gasteiger partial charge is 0.497 e. The fourth-order valence-corrected chi connectivity index (χ4v) is 3.63. The van der Waals surface area contributed by atoms with Gasteiger partial charge in [-0.05, 0) is 48.4 Å². The van der Waals surface area contributed by atoms with Crippen molar-refractivity contribution in [2.24, 2.45) is 0 Å². The zero-order valence-electron chi connectivity index (χ0n) is 16.9. The summed E-state index contributed by atoms with van der Waals surface area (Å²) < 4.78 is 17.2. The lowest BCUT2D eigenvalue weighted by Crippen LogP contribution is -1.89. The summed E-state index contributed by atoms with van der Waals surface area (Å²) >= 11 is 0. The molecule has 146 valence electrons. The van der Waals surface area contributed by atoms with E-state index in [2.05, 4.69) is 31.2 Å². The van der Waals surface area contributed by atoms with E-state index in [9.17, 15) is 0 Å². The van der Waals surface area contributed by atoms with Gasteiger partial charge in [-0.15, -0.1) is 0 Å². The van der Waals surface area contributed by atoms with Crippen LogP contribution in [-0.2, 0) is 6.42 Å². The van der Waals surface area contributed by atoms with Gasteiger partial charge >= 0.3 is 0 Å². The molecule has 3 nitrogen and oxygen atoms in total. The second-order valence-corrected chi connectivity index (χ2v) is 6.79. The van der Waals surface area contributed by atoms with Gasteiger partial charge in [0.1, 0.15) is 23.0 Å². The number of hydrogen-bond acceptors (Lipinski definition) is 3. The third-order valence-corrected chi connectivity index (χ3v) is 5.13. The molecule has 4 rings (SSSR count). The number of hydrogen-bond donors (Lipinski definition) is 0. The maximum absolute atomic E-state index is 6.52. The molecule has 0 bridgehead atoms. The van der Waals surface area contributed by atoms with Crippen molar-refractivity contribution < 1.29 is 13.9 Å². The van der Waals surface area contributed by atoms with E-state index in [0.29, 0.717) is 0 Å². The number of methoxy groups -OCH3 is 2. The first kappa shape index (κ1) is 18.9. The molecule has 0 saturated heterocycles. The van der Waals surface area contributed by atoms with E-state index in [1.54, 1.807) is 14.2 Å². The Hall–Kier alpha value is -3.46. The van der Waals surface area contributed by atoms with E-state index in [1.165, 1.54) is 5.56 Å². The Labute approximate surface area is 171 Å². The van der Waals surface area contributed by atoms with Gasteiger partial charge in [0.25, 0.3) is 0 Å². The van der Waals surface area contributed by atoms with Crippen molar-refractivity contribution in [2.75, 3.05) is 14.2 Å². The third-order valence-electron chi connectivity index (χ3n) is 5.13. The van der Waals surface area contributed by atoms with Crippen molar-refractivity contribution >= 4 is 0 Å². The molecule has 0 atom stereocenters. The minimum atomic E-state index is 0.831. The monoisotopic (exact) mass is 384 g/mol. The molecule has 0 radical (unpaired) electrons. The highest BCUT2D eigenvalue weighted by Gasteiger charge is 2.22. The van der Waals surface area contributed by atoms with Gasteiger partial charge in [0, 0.05) is 22.3 Å². The summed E-state index contributed by atoms with van der Waals surface area (Å²) in [5, 5.41) is 0. The van der Waals surface area contributed by atoms with Gasteiger partial charge in [0.05, 0.1) is 14.2 Å². The van der Waals surface area contributed by atoms with Crippen molar-refractivity contribution in [3.63, 3.8) is 0 Å². The molecule has 0 amide bonds. The highest BCUT2D eigenvalue weighted by atomic mass is 16.5. The summed E-state index contributed by atoms with van der Waals surface area (Å²) in [6, 6.07) is 26.4. The Balaban J connectivity index is 1.94. The molecule has 0 saturated carbocycles. The molecule has 0 unspecified atom stereocenters. The summed E-state index contributed by atoms with van der Waals surface area (Å²) in [6.45, 7) is 2.17. The molecular weight excluding hydrogens is 360 g/mol. The number of rotatable bonds is 6. The van der Waals surface area contributed by atoms with Crippen LogP contribution in [0.15, 0.2) is 83.3 Å². The predicted molar refractivity (Wildman–Crippen MR) is 117 cm³/mol. The van der Waals surface area contributed by atoms with Gasteiger partial charge < -0.3 is 13.9 Å².